The molecule has 0 fully saturated rings. The highest BCUT2D eigenvalue weighted by atomic mass is 32.1. The predicted molar refractivity (Wildman–Crippen MR) is 45.4 cm³/mol. The first kappa shape index (κ1) is 7.94. The standard InChI is InChI=1S/C7H8N2OS/c1-2-6(10)3-5-4-11-7(8)9-5/h2,4H,1,3H2,(H2,8,9). The molecule has 0 aliphatic carbocycles. The Bertz CT molecular complexity index is 280. The van der Waals surface area contributed by atoms with E-state index in [0.29, 0.717) is 11.6 Å². The molecule has 58 valence electrons. The Morgan fingerprint density at radius 2 is 2.64 bits per heavy atom. The molecule has 0 amide bonds. The molecule has 2 N–H and O–H groups in total. The fraction of sp³-hybridized carbons (Fsp3) is 0.143. The van der Waals surface area contributed by atoms with Gasteiger partial charge in [-0.3, -0.25) is 4.79 Å². The van der Waals surface area contributed by atoms with Gasteiger partial charge in [-0.1, -0.05) is 6.58 Å². The molecule has 0 radical (unpaired) electrons. The largest absolute Gasteiger partial charge is 0.375 e. The van der Waals surface area contributed by atoms with Crippen molar-refractivity contribution in [3.05, 3.63) is 23.7 Å². The van der Waals surface area contributed by atoms with Gasteiger partial charge in [-0.25, -0.2) is 4.98 Å². The molecule has 1 aromatic rings. The summed E-state index contributed by atoms with van der Waals surface area (Å²) in [4.78, 5) is 14.7. The number of carbonyl (C=O) groups is 1. The zero-order valence-electron chi connectivity index (χ0n) is 5.91. The van der Waals surface area contributed by atoms with Crippen LogP contribution in [0.1, 0.15) is 5.69 Å². The fourth-order valence-corrected chi connectivity index (χ4v) is 1.22. The number of ketones is 1. The number of rotatable bonds is 3. The van der Waals surface area contributed by atoms with Crippen LogP contribution in [-0.2, 0) is 11.2 Å². The number of anilines is 1. The van der Waals surface area contributed by atoms with Crippen molar-refractivity contribution in [3.63, 3.8) is 0 Å². The summed E-state index contributed by atoms with van der Waals surface area (Å²) in [6.07, 6.45) is 1.59. The molecular weight excluding hydrogens is 160 g/mol. The van der Waals surface area contributed by atoms with Crippen LogP contribution in [0.5, 0.6) is 0 Å². The predicted octanol–water partition coefficient (Wildman–Crippen LogP) is 1.02. The SMILES string of the molecule is C=CC(=O)Cc1csc(N)n1. The van der Waals surface area contributed by atoms with Crippen LogP contribution in [0.4, 0.5) is 5.13 Å². The highest BCUT2D eigenvalue weighted by molar-refractivity contribution is 7.13. The van der Waals surface area contributed by atoms with E-state index >= 15 is 0 Å². The van der Waals surface area contributed by atoms with E-state index in [-0.39, 0.29) is 5.78 Å². The van der Waals surface area contributed by atoms with Crippen LogP contribution in [0.2, 0.25) is 0 Å². The van der Waals surface area contributed by atoms with Crippen LogP contribution in [-0.4, -0.2) is 10.8 Å². The number of aromatic nitrogens is 1. The number of thiazole rings is 1. The Labute approximate surface area is 68.6 Å². The minimum Gasteiger partial charge on any atom is -0.375 e. The van der Waals surface area contributed by atoms with E-state index in [1.165, 1.54) is 17.4 Å². The van der Waals surface area contributed by atoms with E-state index in [4.69, 9.17) is 5.73 Å². The van der Waals surface area contributed by atoms with Gasteiger partial charge < -0.3 is 5.73 Å². The van der Waals surface area contributed by atoms with Crippen LogP contribution < -0.4 is 5.73 Å². The number of carbonyl (C=O) groups excluding carboxylic acids is 1. The second kappa shape index (κ2) is 3.30. The minimum absolute atomic E-state index is 0.0321. The maximum Gasteiger partial charge on any atom is 0.180 e. The normalized spacial score (nSPS) is 9.45. The summed E-state index contributed by atoms with van der Waals surface area (Å²) in [6.45, 7) is 3.36. The van der Waals surface area contributed by atoms with Crippen molar-refractivity contribution < 1.29 is 4.79 Å². The van der Waals surface area contributed by atoms with E-state index in [0.717, 1.165) is 5.69 Å². The average Bonchev–Trinajstić information content (AvgIpc) is 2.35. The molecule has 11 heavy (non-hydrogen) atoms. The molecule has 4 heteroatoms. The molecule has 0 aliphatic rings. The van der Waals surface area contributed by atoms with Crippen molar-refractivity contribution in [1.82, 2.24) is 4.98 Å². The smallest absolute Gasteiger partial charge is 0.180 e. The van der Waals surface area contributed by atoms with E-state index in [9.17, 15) is 4.79 Å². The van der Waals surface area contributed by atoms with E-state index in [2.05, 4.69) is 11.6 Å². The van der Waals surface area contributed by atoms with E-state index in [1.54, 1.807) is 5.38 Å². The number of nitrogens with zero attached hydrogens (tertiary/aromatic N) is 1. The second-order valence-corrected chi connectivity index (χ2v) is 2.91. The zero-order chi connectivity index (χ0) is 8.27. The van der Waals surface area contributed by atoms with E-state index < -0.39 is 0 Å². The van der Waals surface area contributed by atoms with Gasteiger partial charge in [0.05, 0.1) is 12.1 Å². The number of hydrogen-bond donors (Lipinski definition) is 1. The maximum absolute atomic E-state index is 10.8. The van der Waals surface area contributed by atoms with Crippen molar-refractivity contribution in [1.29, 1.82) is 0 Å². The molecule has 0 aromatic carbocycles. The first-order chi connectivity index (χ1) is 5.22. The Kier molecular flexibility index (Phi) is 2.38. The first-order valence-electron chi connectivity index (χ1n) is 3.07. The van der Waals surface area contributed by atoms with Crippen molar-refractivity contribution in [2.75, 3.05) is 5.73 Å². The monoisotopic (exact) mass is 168 g/mol. The van der Waals surface area contributed by atoms with Crippen molar-refractivity contribution >= 4 is 22.3 Å². The Morgan fingerprint density at radius 3 is 3.09 bits per heavy atom. The van der Waals surface area contributed by atoms with Gasteiger partial charge in [0, 0.05) is 5.38 Å². The van der Waals surface area contributed by atoms with Gasteiger partial charge in [0.2, 0.25) is 0 Å². The van der Waals surface area contributed by atoms with Crippen molar-refractivity contribution in [3.8, 4) is 0 Å². The van der Waals surface area contributed by atoms with Gasteiger partial charge in [-0.05, 0) is 6.08 Å². The third kappa shape index (κ3) is 2.16. The van der Waals surface area contributed by atoms with Crippen LogP contribution >= 0.6 is 11.3 Å². The number of nitrogens with two attached hydrogens (primary N) is 1. The van der Waals surface area contributed by atoms with Crippen LogP contribution in [0.15, 0.2) is 18.0 Å². The second-order valence-electron chi connectivity index (χ2n) is 2.02. The van der Waals surface area contributed by atoms with Gasteiger partial charge in [0.1, 0.15) is 0 Å². The topological polar surface area (TPSA) is 56.0 Å². The molecule has 0 atom stereocenters. The molecule has 1 aromatic heterocycles. The molecule has 1 rings (SSSR count). The quantitative estimate of drug-likeness (QED) is 0.685. The van der Waals surface area contributed by atoms with Crippen LogP contribution in [0.25, 0.3) is 0 Å². The van der Waals surface area contributed by atoms with Gasteiger partial charge in [-0.2, -0.15) is 0 Å². The Hall–Kier alpha value is -1.16. The third-order valence-electron chi connectivity index (χ3n) is 1.15. The molecular formula is C7H8N2OS. The lowest BCUT2D eigenvalue weighted by atomic mass is 10.2. The van der Waals surface area contributed by atoms with Gasteiger partial charge in [0.25, 0.3) is 0 Å². The van der Waals surface area contributed by atoms with Crippen molar-refractivity contribution in [2.45, 2.75) is 6.42 Å². The summed E-state index contributed by atoms with van der Waals surface area (Å²) in [7, 11) is 0. The van der Waals surface area contributed by atoms with Crippen molar-refractivity contribution in [2.24, 2.45) is 0 Å². The zero-order valence-corrected chi connectivity index (χ0v) is 6.73. The molecule has 3 nitrogen and oxygen atoms in total. The summed E-state index contributed by atoms with van der Waals surface area (Å²) in [5, 5.41) is 2.27. The number of hydrogen-bond acceptors (Lipinski definition) is 4. The summed E-state index contributed by atoms with van der Waals surface area (Å²) in [6, 6.07) is 0. The molecule has 0 saturated carbocycles. The highest BCUT2D eigenvalue weighted by Crippen LogP contribution is 2.11. The number of allylic oxidation sites excluding steroid dienone is 1. The number of nitrogen functional groups attached to an aromatic ring is 1. The molecule has 0 spiro atoms. The average molecular weight is 168 g/mol. The van der Waals surface area contributed by atoms with Gasteiger partial charge in [-0.15, -0.1) is 11.3 Å². The molecule has 1 heterocycles. The van der Waals surface area contributed by atoms with E-state index in [1.807, 2.05) is 0 Å². The lowest BCUT2D eigenvalue weighted by Crippen LogP contribution is -1.98. The maximum atomic E-state index is 10.8. The molecule has 0 bridgehead atoms. The lowest BCUT2D eigenvalue weighted by molar-refractivity contribution is -0.114. The highest BCUT2D eigenvalue weighted by Gasteiger charge is 2.02. The summed E-state index contributed by atoms with van der Waals surface area (Å²) in [5.41, 5.74) is 6.09. The molecule has 0 saturated heterocycles. The molecule has 0 unspecified atom stereocenters. The Balaban J connectivity index is 2.64. The van der Waals surface area contributed by atoms with Gasteiger partial charge >= 0.3 is 0 Å². The Morgan fingerprint density at radius 1 is 1.91 bits per heavy atom. The summed E-state index contributed by atoms with van der Waals surface area (Å²) < 4.78 is 0. The fourth-order valence-electron chi connectivity index (χ4n) is 0.655. The minimum atomic E-state index is -0.0321. The lowest BCUT2D eigenvalue weighted by Gasteiger charge is -1.87. The van der Waals surface area contributed by atoms with Crippen LogP contribution in [0, 0.1) is 0 Å². The molecule has 0 aliphatic heterocycles. The first-order valence-corrected chi connectivity index (χ1v) is 3.95. The summed E-state index contributed by atoms with van der Waals surface area (Å²) in [5.74, 6) is -0.0321. The summed E-state index contributed by atoms with van der Waals surface area (Å²) >= 11 is 1.34. The third-order valence-corrected chi connectivity index (χ3v) is 1.88. The van der Waals surface area contributed by atoms with Gasteiger partial charge in [0.15, 0.2) is 10.9 Å². The van der Waals surface area contributed by atoms with Crippen LogP contribution in [0.3, 0.4) is 0 Å².